The van der Waals surface area contributed by atoms with Crippen LogP contribution in [0.1, 0.15) is 65.2 Å². The highest BCUT2D eigenvalue weighted by atomic mass is 16.5. The first-order valence-corrected chi connectivity index (χ1v) is 10.8. The van der Waals surface area contributed by atoms with Gasteiger partial charge in [0.15, 0.2) is 0 Å². The standard InChI is InChI=1S/C20H24O3.3C2H6/c1-3-5-8-15(7-4-2)11-16-9-6-10-17(12-16)20-19(22)13-18(21)14-23-20;3*1-2/h3-10,12,18-22H,1-2,11,13-14H2;3*1-2H3/b8-5-,15-7+;;;/t18?,19?,20-;;;/m0.../s1. The van der Waals surface area contributed by atoms with Crippen LogP contribution in [0.2, 0.25) is 0 Å². The smallest absolute Gasteiger partial charge is 0.109 e. The molecule has 2 N–H and O–H groups in total. The Morgan fingerprint density at radius 3 is 2.28 bits per heavy atom. The van der Waals surface area contributed by atoms with Crippen molar-refractivity contribution in [1.29, 1.82) is 0 Å². The Balaban J connectivity index is 0. The van der Waals surface area contributed by atoms with E-state index in [1.807, 2.05) is 84.0 Å². The molecule has 3 atom stereocenters. The lowest BCUT2D eigenvalue weighted by atomic mass is 9.94. The van der Waals surface area contributed by atoms with Crippen LogP contribution in [0.3, 0.4) is 0 Å². The highest BCUT2D eigenvalue weighted by Crippen LogP contribution is 2.29. The number of rotatable bonds is 6. The number of aliphatic hydroxyl groups is 2. The van der Waals surface area contributed by atoms with Gasteiger partial charge in [-0.25, -0.2) is 0 Å². The van der Waals surface area contributed by atoms with Crippen LogP contribution in [0.25, 0.3) is 0 Å². The predicted octanol–water partition coefficient (Wildman–Crippen LogP) is 6.35. The van der Waals surface area contributed by atoms with Crippen LogP contribution in [0, 0.1) is 0 Å². The molecule has 0 amide bonds. The van der Waals surface area contributed by atoms with Gasteiger partial charge >= 0.3 is 0 Å². The van der Waals surface area contributed by atoms with Gasteiger partial charge in [-0.15, -0.1) is 0 Å². The minimum absolute atomic E-state index is 0.260. The van der Waals surface area contributed by atoms with E-state index >= 15 is 0 Å². The topological polar surface area (TPSA) is 49.7 Å². The Kier molecular flexibility index (Phi) is 19.6. The summed E-state index contributed by atoms with van der Waals surface area (Å²) in [5.74, 6) is 0. The van der Waals surface area contributed by atoms with Gasteiger partial charge in [-0.2, -0.15) is 0 Å². The Bertz CT molecular complexity index is 602. The summed E-state index contributed by atoms with van der Waals surface area (Å²) in [6.45, 7) is 19.7. The lowest BCUT2D eigenvalue weighted by Gasteiger charge is -2.31. The van der Waals surface area contributed by atoms with Crippen LogP contribution < -0.4 is 0 Å². The second kappa shape index (κ2) is 19.4. The zero-order valence-electron chi connectivity index (χ0n) is 19.3. The van der Waals surface area contributed by atoms with Crippen LogP contribution in [0.5, 0.6) is 0 Å². The van der Waals surface area contributed by atoms with Gasteiger partial charge < -0.3 is 14.9 Å². The number of ether oxygens (including phenoxy) is 1. The second-order valence-corrected chi connectivity index (χ2v) is 5.70. The lowest BCUT2D eigenvalue weighted by Crippen LogP contribution is -2.35. The highest BCUT2D eigenvalue weighted by molar-refractivity contribution is 5.34. The molecule has 3 heteroatoms. The summed E-state index contributed by atoms with van der Waals surface area (Å²) in [5, 5.41) is 19.7. The van der Waals surface area contributed by atoms with E-state index < -0.39 is 12.2 Å². The van der Waals surface area contributed by atoms with Crippen molar-refractivity contribution < 1.29 is 14.9 Å². The number of aliphatic hydroxyl groups excluding tert-OH is 2. The van der Waals surface area contributed by atoms with Crippen molar-refractivity contribution in [2.24, 2.45) is 0 Å². The van der Waals surface area contributed by atoms with Crippen molar-refractivity contribution >= 4 is 0 Å². The van der Waals surface area contributed by atoms with Crippen LogP contribution in [0.4, 0.5) is 0 Å². The molecule has 164 valence electrons. The van der Waals surface area contributed by atoms with E-state index in [2.05, 4.69) is 13.2 Å². The average Bonchev–Trinajstić information content (AvgIpc) is 2.76. The van der Waals surface area contributed by atoms with Gasteiger partial charge in [0.05, 0.1) is 18.8 Å². The molecule has 1 aromatic rings. The maximum Gasteiger partial charge on any atom is 0.109 e. The van der Waals surface area contributed by atoms with Gasteiger partial charge in [0.2, 0.25) is 0 Å². The first-order chi connectivity index (χ1) is 14.1. The summed E-state index contributed by atoms with van der Waals surface area (Å²) in [7, 11) is 0. The number of benzene rings is 1. The fourth-order valence-electron chi connectivity index (χ4n) is 2.75. The predicted molar refractivity (Wildman–Crippen MR) is 127 cm³/mol. The van der Waals surface area contributed by atoms with Crippen LogP contribution in [0.15, 0.2) is 73.4 Å². The van der Waals surface area contributed by atoms with E-state index in [0.29, 0.717) is 6.42 Å². The molecule has 0 aromatic heterocycles. The molecule has 0 radical (unpaired) electrons. The van der Waals surface area contributed by atoms with Gasteiger partial charge in [0.1, 0.15) is 6.10 Å². The zero-order chi connectivity index (χ0) is 22.7. The molecule has 1 saturated heterocycles. The van der Waals surface area contributed by atoms with Crippen molar-refractivity contribution in [2.75, 3.05) is 6.61 Å². The van der Waals surface area contributed by atoms with E-state index in [1.165, 1.54) is 0 Å². The molecule has 2 unspecified atom stereocenters. The number of allylic oxidation sites excluding steroid dienone is 6. The molecule has 0 bridgehead atoms. The summed E-state index contributed by atoms with van der Waals surface area (Å²) in [4.78, 5) is 0. The second-order valence-electron chi connectivity index (χ2n) is 5.70. The van der Waals surface area contributed by atoms with E-state index in [0.717, 1.165) is 23.1 Å². The van der Waals surface area contributed by atoms with Crippen molar-refractivity contribution in [3.63, 3.8) is 0 Å². The Morgan fingerprint density at radius 2 is 1.72 bits per heavy atom. The molecule has 1 aliphatic heterocycles. The average molecular weight is 403 g/mol. The van der Waals surface area contributed by atoms with Crippen LogP contribution in [-0.4, -0.2) is 29.0 Å². The lowest BCUT2D eigenvalue weighted by molar-refractivity contribution is -0.125. The first-order valence-electron chi connectivity index (χ1n) is 10.8. The van der Waals surface area contributed by atoms with Gasteiger partial charge in [-0.1, -0.05) is 109 Å². The largest absolute Gasteiger partial charge is 0.391 e. The third-order valence-electron chi connectivity index (χ3n) is 3.80. The zero-order valence-corrected chi connectivity index (χ0v) is 19.3. The molecular formula is C26H42O3. The molecule has 2 rings (SSSR count). The molecule has 29 heavy (non-hydrogen) atoms. The summed E-state index contributed by atoms with van der Waals surface area (Å²) in [5.41, 5.74) is 3.19. The monoisotopic (exact) mass is 402 g/mol. The van der Waals surface area contributed by atoms with Crippen LogP contribution in [-0.2, 0) is 11.2 Å². The van der Waals surface area contributed by atoms with Crippen LogP contribution >= 0.6 is 0 Å². The third kappa shape index (κ3) is 11.6. The molecule has 1 aliphatic rings. The Labute approximate surface area is 179 Å². The maximum atomic E-state index is 10.1. The van der Waals surface area contributed by atoms with Gasteiger partial charge in [0, 0.05) is 6.42 Å². The van der Waals surface area contributed by atoms with Gasteiger partial charge in [0.25, 0.3) is 0 Å². The van der Waals surface area contributed by atoms with E-state index in [9.17, 15) is 10.2 Å². The van der Waals surface area contributed by atoms with Gasteiger partial charge in [-0.3, -0.25) is 0 Å². The summed E-state index contributed by atoms with van der Waals surface area (Å²) < 4.78 is 5.60. The molecule has 1 aromatic carbocycles. The van der Waals surface area contributed by atoms with E-state index in [-0.39, 0.29) is 12.7 Å². The van der Waals surface area contributed by atoms with E-state index in [4.69, 9.17) is 4.74 Å². The fourth-order valence-corrected chi connectivity index (χ4v) is 2.75. The van der Waals surface area contributed by atoms with Crippen molar-refractivity contribution in [2.45, 2.75) is 72.7 Å². The summed E-state index contributed by atoms with van der Waals surface area (Å²) in [6.07, 6.45) is 8.83. The minimum Gasteiger partial charge on any atom is -0.391 e. The Hall–Kier alpha value is -1.94. The molecule has 1 fully saturated rings. The van der Waals surface area contributed by atoms with Crippen molar-refractivity contribution in [1.82, 2.24) is 0 Å². The van der Waals surface area contributed by atoms with E-state index in [1.54, 1.807) is 12.2 Å². The molecule has 3 nitrogen and oxygen atoms in total. The summed E-state index contributed by atoms with van der Waals surface area (Å²) in [6, 6.07) is 8.01. The first kappa shape index (κ1) is 29.3. The number of hydrogen-bond donors (Lipinski definition) is 2. The van der Waals surface area contributed by atoms with Crippen molar-refractivity contribution in [3.8, 4) is 0 Å². The third-order valence-corrected chi connectivity index (χ3v) is 3.80. The minimum atomic E-state index is -0.683. The van der Waals surface area contributed by atoms with Gasteiger partial charge in [-0.05, 0) is 23.1 Å². The highest BCUT2D eigenvalue weighted by Gasteiger charge is 2.30. The Morgan fingerprint density at radius 1 is 1.07 bits per heavy atom. The molecular weight excluding hydrogens is 360 g/mol. The normalized spacial score (nSPS) is 20.8. The maximum absolute atomic E-state index is 10.1. The molecule has 1 heterocycles. The fraction of sp³-hybridized carbons (Fsp3) is 0.462. The SMILES string of the molecule is C=C/C=C\C(=C/C=C)Cc1cccc([C@@H]2OCC(O)CC2O)c1.CC.CC.CC. The quantitative estimate of drug-likeness (QED) is 0.545. The molecule has 0 aliphatic carbocycles. The molecule has 0 spiro atoms. The molecule has 0 saturated carbocycles. The number of hydrogen-bond acceptors (Lipinski definition) is 3. The summed E-state index contributed by atoms with van der Waals surface area (Å²) >= 11 is 0. The van der Waals surface area contributed by atoms with Crippen molar-refractivity contribution in [3.05, 3.63) is 84.5 Å².